The maximum Gasteiger partial charge on any atom is 0.356 e. The summed E-state index contributed by atoms with van der Waals surface area (Å²) in [6.07, 6.45) is 1.39. The third-order valence-electron chi connectivity index (χ3n) is 3.43. The number of fused-ring (bicyclic) bond motifs is 1. The van der Waals surface area contributed by atoms with Gasteiger partial charge < -0.3 is 5.11 Å². The third-order valence-corrected chi connectivity index (χ3v) is 3.43. The van der Waals surface area contributed by atoms with Crippen molar-refractivity contribution in [1.29, 1.82) is 0 Å². The van der Waals surface area contributed by atoms with Crippen molar-refractivity contribution < 1.29 is 14.3 Å². The number of benzene rings is 1. The molecule has 2 aromatic heterocycles. The fourth-order valence-corrected chi connectivity index (χ4v) is 2.29. The minimum Gasteiger partial charge on any atom is -0.476 e. The summed E-state index contributed by atoms with van der Waals surface area (Å²) in [7, 11) is 0. The molecule has 1 aromatic carbocycles. The third kappa shape index (κ3) is 2.43. The number of carboxylic acids is 1. The fourth-order valence-electron chi connectivity index (χ4n) is 2.29. The number of imidazole rings is 1. The second kappa shape index (κ2) is 5.22. The Morgan fingerprint density at radius 2 is 1.95 bits per heavy atom. The molecule has 0 saturated carbocycles. The van der Waals surface area contributed by atoms with E-state index in [4.69, 9.17) is 5.11 Å². The molecule has 0 aliphatic heterocycles. The van der Waals surface area contributed by atoms with E-state index in [2.05, 4.69) is 10.1 Å². The van der Waals surface area contributed by atoms with Gasteiger partial charge in [-0.05, 0) is 36.2 Å². The van der Waals surface area contributed by atoms with E-state index in [9.17, 15) is 9.18 Å². The van der Waals surface area contributed by atoms with Gasteiger partial charge in [-0.15, -0.1) is 0 Å². The van der Waals surface area contributed by atoms with Gasteiger partial charge in [-0.25, -0.2) is 18.7 Å². The molecular formula is C16H14FN3O2. The fraction of sp³-hybridized carbons (Fsp3) is 0.188. The van der Waals surface area contributed by atoms with Crippen LogP contribution < -0.4 is 0 Å². The smallest absolute Gasteiger partial charge is 0.356 e. The van der Waals surface area contributed by atoms with E-state index in [1.165, 1.54) is 22.8 Å². The Kier molecular flexibility index (Phi) is 3.36. The van der Waals surface area contributed by atoms with E-state index >= 15 is 0 Å². The first-order chi connectivity index (χ1) is 10.5. The molecule has 3 rings (SSSR count). The first kappa shape index (κ1) is 14.2. The number of aromatic nitrogens is 3. The van der Waals surface area contributed by atoms with Gasteiger partial charge in [0.05, 0.1) is 11.9 Å². The summed E-state index contributed by atoms with van der Waals surface area (Å²) in [5.74, 6) is -1.26. The molecule has 22 heavy (non-hydrogen) atoms. The average Bonchev–Trinajstić information content (AvgIpc) is 2.91. The monoisotopic (exact) mass is 299 g/mol. The summed E-state index contributed by atoms with van der Waals surface area (Å²) in [5, 5.41) is 13.5. The topological polar surface area (TPSA) is 67.5 Å². The molecule has 0 fully saturated rings. The predicted octanol–water partition coefficient (Wildman–Crippen LogP) is 3.36. The number of rotatable bonds is 3. The van der Waals surface area contributed by atoms with Crippen LogP contribution >= 0.6 is 0 Å². The molecule has 0 spiro atoms. The molecule has 0 aliphatic carbocycles. The summed E-state index contributed by atoms with van der Waals surface area (Å²) < 4.78 is 14.5. The van der Waals surface area contributed by atoms with Gasteiger partial charge in [-0.1, -0.05) is 13.8 Å². The second-order valence-electron chi connectivity index (χ2n) is 5.35. The quantitative estimate of drug-likeness (QED) is 0.805. The van der Waals surface area contributed by atoms with Crippen molar-refractivity contribution in [1.82, 2.24) is 14.6 Å². The SMILES string of the molecule is CC(C)c1cc(-c2ccc(F)cc2)nn2cc(C(=O)O)nc12. The van der Waals surface area contributed by atoms with Gasteiger partial charge in [0.1, 0.15) is 5.82 Å². The standard InChI is InChI=1S/C16H14FN3O2/c1-9(2)12-7-13(10-3-5-11(17)6-4-10)19-20-8-14(16(21)22)18-15(12)20/h3-9H,1-2H3,(H,21,22). The van der Waals surface area contributed by atoms with Crippen LogP contribution in [0.15, 0.2) is 36.5 Å². The number of carbonyl (C=O) groups is 1. The summed E-state index contributed by atoms with van der Waals surface area (Å²) in [6, 6.07) is 7.89. The minimum atomic E-state index is -1.09. The Labute approximate surface area is 126 Å². The van der Waals surface area contributed by atoms with Crippen LogP contribution in [0.4, 0.5) is 4.39 Å². The molecule has 6 heteroatoms. The normalized spacial score (nSPS) is 11.3. The molecule has 0 radical (unpaired) electrons. The van der Waals surface area contributed by atoms with Crippen LogP contribution in [0, 0.1) is 5.82 Å². The molecule has 0 bridgehead atoms. The lowest BCUT2D eigenvalue weighted by Crippen LogP contribution is -2.00. The molecule has 1 N–H and O–H groups in total. The summed E-state index contributed by atoms with van der Waals surface area (Å²) in [5.41, 5.74) is 2.77. The van der Waals surface area contributed by atoms with Gasteiger partial charge in [-0.3, -0.25) is 0 Å². The summed E-state index contributed by atoms with van der Waals surface area (Å²) in [6.45, 7) is 4.00. The number of aromatic carboxylic acids is 1. The summed E-state index contributed by atoms with van der Waals surface area (Å²) >= 11 is 0. The van der Waals surface area contributed by atoms with Crippen LogP contribution in [-0.2, 0) is 0 Å². The van der Waals surface area contributed by atoms with Crippen molar-refractivity contribution in [2.45, 2.75) is 19.8 Å². The van der Waals surface area contributed by atoms with Crippen LogP contribution in [0.5, 0.6) is 0 Å². The van der Waals surface area contributed by atoms with Crippen LogP contribution in [0.2, 0.25) is 0 Å². The zero-order valence-electron chi connectivity index (χ0n) is 12.1. The maximum atomic E-state index is 13.1. The van der Waals surface area contributed by atoms with E-state index in [0.29, 0.717) is 11.3 Å². The molecule has 0 atom stereocenters. The lowest BCUT2D eigenvalue weighted by Gasteiger charge is -2.10. The predicted molar refractivity (Wildman–Crippen MR) is 79.4 cm³/mol. The minimum absolute atomic E-state index is 0.0503. The van der Waals surface area contributed by atoms with Gasteiger partial charge in [0.25, 0.3) is 0 Å². The molecule has 0 amide bonds. The van der Waals surface area contributed by atoms with Crippen molar-refractivity contribution in [3.8, 4) is 11.3 Å². The highest BCUT2D eigenvalue weighted by atomic mass is 19.1. The largest absolute Gasteiger partial charge is 0.476 e. The lowest BCUT2D eigenvalue weighted by atomic mass is 10.0. The van der Waals surface area contributed by atoms with E-state index in [1.807, 2.05) is 19.9 Å². The highest BCUT2D eigenvalue weighted by Crippen LogP contribution is 2.25. The van der Waals surface area contributed by atoms with Gasteiger partial charge >= 0.3 is 5.97 Å². The molecular weight excluding hydrogens is 285 g/mol. The first-order valence-corrected chi connectivity index (χ1v) is 6.85. The van der Waals surface area contributed by atoms with Crippen molar-refractivity contribution >= 4 is 11.6 Å². The maximum absolute atomic E-state index is 13.1. The number of carboxylic acid groups (broad SMARTS) is 1. The van der Waals surface area contributed by atoms with E-state index in [1.54, 1.807) is 12.1 Å². The number of hydrogen-bond acceptors (Lipinski definition) is 3. The lowest BCUT2D eigenvalue weighted by molar-refractivity contribution is 0.0691. The first-order valence-electron chi connectivity index (χ1n) is 6.85. The van der Waals surface area contributed by atoms with Gasteiger partial charge in [0, 0.05) is 11.1 Å². The zero-order valence-corrected chi connectivity index (χ0v) is 12.1. The number of nitrogens with zero attached hydrogens (tertiary/aromatic N) is 3. The zero-order chi connectivity index (χ0) is 15.9. The van der Waals surface area contributed by atoms with Crippen molar-refractivity contribution in [3.63, 3.8) is 0 Å². The van der Waals surface area contributed by atoms with Crippen LogP contribution in [0.25, 0.3) is 16.9 Å². The molecule has 0 unspecified atom stereocenters. The van der Waals surface area contributed by atoms with Crippen LogP contribution in [-0.4, -0.2) is 25.7 Å². The summed E-state index contributed by atoms with van der Waals surface area (Å²) in [4.78, 5) is 15.2. The Hall–Kier alpha value is -2.76. The van der Waals surface area contributed by atoms with Gasteiger partial charge in [-0.2, -0.15) is 5.10 Å². The molecule has 112 valence electrons. The van der Waals surface area contributed by atoms with Crippen molar-refractivity contribution in [2.75, 3.05) is 0 Å². The molecule has 5 nitrogen and oxygen atoms in total. The molecule has 3 aromatic rings. The van der Waals surface area contributed by atoms with E-state index in [0.717, 1.165) is 11.1 Å². The second-order valence-corrected chi connectivity index (χ2v) is 5.35. The highest BCUT2D eigenvalue weighted by Gasteiger charge is 2.16. The average molecular weight is 299 g/mol. The molecule has 0 aliphatic rings. The Morgan fingerprint density at radius 1 is 1.27 bits per heavy atom. The number of hydrogen-bond donors (Lipinski definition) is 1. The van der Waals surface area contributed by atoms with Crippen LogP contribution in [0.1, 0.15) is 35.8 Å². The van der Waals surface area contributed by atoms with E-state index in [-0.39, 0.29) is 17.4 Å². The van der Waals surface area contributed by atoms with Gasteiger partial charge in [0.2, 0.25) is 0 Å². The number of halogens is 1. The van der Waals surface area contributed by atoms with Crippen molar-refractivity contribution in [2.24, 2.45) is 0 Å². The highest BCUT2D eigenvalue weighted by molar-refractivity contribution is 5.86. The van der Waals surface area contributed by atoms with Crippen LogP contribution in [0.3, 0.4) is 0 Å². The Bertz CT molecular complexity index is 854. The van der Waals surface area contributed by atoms with Crippen molar-refractivity contribution in [3.05, 3.63) is 53.6 Å². The Morgan fingerprint density at radius 3 is 2.55 bits per heavy atom. The molecule has 0 saturated heterocycles. The van der Waals surface area contributed by atoms with Gasteiger partial charge in [0.15, 0.2) is 11.3 Å². The molecule has 2 heterocycles. The van der Waals surface area contributed by atoms with E-state index < -0.39 is 5.97 Å². The Balaban J connectivity index is 2.24.